The molecule has 15 heavy (non-hydrogen) atoms. The molecule has 1 aromatic rings. The number of hydrogen-bond acceptors (Lipinski definition) is 3. The quantitative estimate of drug-likeness (QED) is 0.768. The predicted octanol–water partition coefficient (Wildman–Crippen LogP) is 1.89. The van der Waals surface area contributed by atoms with Gasteiger partial charge in [0.2, 0.25) is 0 Å². The molecule has 2 N–H and O–H groups in total. The third kappa shape index (κ3) is 2.45. The van der Waals surface area contributed by atoms with E-state index in [1.165, 1.54) is 18.7 Å². The summed E-state index contributed by atoms with van der Waals surface area (Å²) in [4.78, 5) is 5.90. The zero-order valence-corrected chi connectivity index (χ0v) is 8.69. The summed E-state index contributed by atoms with van der Waals surface area (Å²) >= 11 is 0. The average molecular weight is 209 g/mol. The van der Waals surface area contributed by atoms with E-state index in [2.05, 4.69) is 4.98 Å². The summed E-state index contributed by atoms with van der Waals surface area (Å²) in [5.41, 5.74) is 6.83. The topological polar surface area (TPSA) is 42.1 Å². The number of pyridine rings is 1. The van der Waals surface area contributed by atoms with Crippen LogP contribution in [0.2, 0.25) is 0 Å². The van der Waals surface area contributed by atoms with E-state index in [0.29, 0.717) is 0 Å². The van der Waals surface area contributed by atoms with Crippen LogP contribution in [0.3, 0.4) is 0 Å². The number of nitrogens with two attached hydrogens (primary N) is 1. The van der Waals surface area contributed by atoms with Gasteiger partial charge in [0.05, 0.1) is 24.2 Å². The molecule has 1 atom stereocenters. The monoisotopic (exact) mass is 209 g/mol. The van der Waals surface area contributed by atoms with Crippen molar-refractivity contribution in [3.63, 3.8) is 0 Å². The van der Waals surface area contributed by atoms with Gasteiger partial charge in [0, 0.05) is 12.6 Å². The van der Waals surface area contributed by atoms with Gasteiger partial charge in [-0.05, 0) is 19.3 Å². The molecule has 0 saturated carbocycles. The lowest BCUT2D eigenvalue weighted by Gasteiger charge is -2.28. The Morgan fingerprint density at radius 1 is 1.33 bits per heavy atom. The number of rotatable bonds is 1. The van der Waals surface area contributed by atoms with Gasteiger partial charge in [0.15, 0.2) is 0 Å². The van der Waals surface area contributed by atoms with Crippen LogP contribution in [0.25, 0.3) is 0 Å². The molecule has 0 aliphatic carbocycles. The molecule has 0 amide bonds. The van der Waals surface area contributed by atoms with Gasteiger partial charge in [-0.25, -0.2) is 4.39 Å². The smallest absolute Gasteiger partial charge is 0.143 e. The van der Waals surface area contributed by atoms with Crippen LogP contribution in [0.1, 0.15) is 25.7 Å². The normalized spacial score (nSPS) is 22.5. The summed E-state index contributed by atoms with van der Waals surface area (Å²) in [7, 11) is 0. The minimum atomic E-state index is -0.302. The summed E-state index contributed by atoms with van der Waals surface area (Å²) in [6, 6.07) is 1.50. The summed E-state index contributed by atoms with van der Waals surface area (Å²) in [5, 5.41) is 0. The van der Waals surface area contributed by atoms with Crippen LogP contribution in [-0.4, -0.2) is 17.7 Å². The van der Waals surface area contributed by atoms with Crippen molar-refractivity contribution in [3.8, 4) is 0 Å². The molecule has 1 aromatic heterocycles. The van der Waals surface area contributed by atoms with Gasteiger partial charge in [0.25, 0.3) is 0 Å². The van der Waals surface area contributed by atoms with Crippen molar-refractivity contribution >= 4 is 5.69 Å². The Balaban J connectivity index is 2.20. The van der Waals surface area contributed by atoms with E-state index in [0.717, 1.165) is 31.5 Å². The zero-order valence-electron chi connectivity index (χ0n) is 8.69. The van der Waals surface area contributed by atoms with E-state index in [1.807, 2.05) is 4.90 Å². The van der Waals surface area contributed by atoms with Gasteiger partial charge in [0.1, 0.15) is 5.82 Å². The van der Waals surface area contributed by atoms with Crippen LogP contribution in [-0.2, 0) is 0 Å². The van der Waals surface area contributed by atoms with Crippen molar-refractivity contribution in [1.82, 2.24) is 4.98 Å². The average Bonchev–Trinajstić information content (AvgIpc) is 2.43. The minimum Gasteiger partial charge on any atom is -0.355 e. The zero-order chi connectivity index (χ0) is 10.7. The highest BCUT2D eigenvalue weighted by Gasteiger charge is 2.17. The van der Waals surface area contributed by atoms with E-state index in [4.69, 9.17) is 5.73 Å². The molecule has 3 nitrogen and oxygen atoms in total. The van der Waals surface area contributed by atoms with Crippen molar-refractivity contribution < 1.29 is 4.39 Å². The van der Waals surface area contributed by atoms with Crippen molar-refractivity contribution in [1.29, 1.82) is 0 Å². The first kappa shape index (κ1) is 10.4. The number of hydrogen-bond donors (Lipinski definition) is 1. The summed E-state index contributed by atoms with van der Waals surface area (Å²) < 4.78 is 13.0. The largest absolute Gasteiger partial charge is 0.355 e. The molecule has 1 aliphatic rings. The lowest BCUT2D eigenvalue weighted by molar-refractivity contribution is 0.585. The molecule has 0 spiro atoms. The second kappa shape index (κ2) is 4.57. The molecular weight excluding hydrogens is 193 g/mol. The van der Waals surface area contributed by atoms with Gasteiger partial charge >= 0.3 is 0 Å². The van der Waals surface area contributed by atoms with Gasteiger partial charge in [-0.1, -0.05) is 6.42 Å². The molecule has 0 aromatic carbocycles. The number of anilines is 1. The lowest BCUT2D eigenvalue weighted by Crippen LogP contribution is -2.41. The van der Waals surface area contributed by atoms with Crippen molar-refractivity contribution in [2.75, 3.05) is 11.4 Å². The van der Waals surface area contributed by atoms with Gasteiger partial charge in [-0.2, -0.15) is 0 Å². The van der Waals surface area contributed by atoms with E-state index < -0.39 is 0 Å². The SMILES string of the molecule is NC1CCCCCN1c1cncc(F)c1. The van der Waals surface area contributed by atoms with Gasteiger partial charge < -0.3 is 10.6 Å². The van der Waals surface area contributed by atoms with E-state index >= 15 is 0 Å². The summed E-state index contributed by atoms with van der Waals surface area (Å²) in [6.07, 6.45) is 7.32. The van der Waals surface area contributed by atoms with Crippen LogP contribution >= 0.6 is 0 Å². The third-order valence-electron chi connectivity index (χ3n) is 2.82. The Bertz CT molecular complexity index is 329. The Morgan fingerprint density at radius 2 is 2.20 bits per heavy atom. The summed E-state index contributed by atoms with van der Waals surface area (Å²) in [5.74, 6) is -0.302. The van der Waals surface area contributed by atoms with Gasteiger partial charge in [-0.3, -0.25) is 4.98 Å². The van der Waals surface area contributed by atoms with Crippen molar-refractivity contribution in [3.05, 3.63) is 24.3 Å². The second-order valence-electron chi connectivity index (χ2n) is 3.97. The van der Waals surface area contributed by atoms with Gasteiger partial charge in [-0.15, -0.1) is 0 Å². The predicted molar refractivity (Wildman–Crippen MR) is 58.0 cm³/mol. The number of halogens is 1. The maximum absolute atomic E-state index is 13.0. The highest BCUT2D eigenvalue weighted by molar-refractivity contribution is 5.45. The van der Waals surface area contributed by atoms with E-state index in [1.54, 1.807) is 6.20 Å². The minimum absolute atomic E-state index is 0.00361. The Morgan fingerprint density at radius 3 is 3.00 bits per heavy atom. The molecule has 0 bridgehead atoms. The number of aromatic nitrogens is 1. The van der Waals surface area contributed by atoms with Crippen molar-refractivity contribution in [2.24, 2.45) is 5.73 Å². The highest BCUT2D eigenvalue weighted by Crippen LogP contribution is 2.21. The molecule has 1 saturated heterocycles. The van der Waals surface area contributed by atoms with E-state index in [-0.39, 0.29) is 12.0 Å². The Kier molecular flexibility index (Phi) is 3.16. The fraction of sp³-hybridized carbons (Fsp3) is 0.545. The van der Waals surface area contributed by atoms with Crippen LogP contribution in [0.15, 0.2) is 18.5 Å². The molecule has 82 valence electrons. The maximum Gasteiger partial charge on any atom is 0.143 e. The fourth-order valence-electron chi connectivity index (χ4n) is 2.01. The van der Waals surface area contributed by atoms with Crippen LogP contribution in [0.5, 0.6) is 0 Å². The molecule has 0 radical (unpaired) electrons. The molecule has 1 unspecified atom stereocenters. The second-order valence-corrected chi connectivity index (χ2v) is 3.97. The fourth-order valence-corrected chi connectivity index (χ4v) is 2.01. The molecule has 2 heterocycles. The molecule has 4 heteroatoms. The molecule has 2 rings (SSSR count). The number of nitrogens with zero attached hydrogens (tertiary/aromatic N) is 2. The Hall–Kier alpha value is -1.16. The van der Waals surface area contributed by atoms with E-state index in [9.17, 15) is 4.39 Å². The summed E-state index contributed by atoms with van der Waals surface area (Å²) in [6.45, 7) is 0.895. The first-order valence-corrected chi connectivity index (χ1v) is 5.40. The Labute approximate surface area is 89.1 Å². The molecule has 1 aliphatic heterocycles. The van der Waals surface area contributed by atoms with Crippen molar-refractivity contribution in [2.45, 2.75) is 31.8 Å². The van der Waals surface area contributed by atoms with Crippen LogP contribution in [0.4, 0.5) is 10.1 Å². The first-order chi connectivity index (χ1) is 7.27. The standard InChI is InChI=1S/C11H16FN3/c12-9-6-10(8-14-7-9)15-5-3-1-2-4-11(15)13/h6-8,11H,1-5,13H2. The molecular formula is C11H16FN3. The first-order valence-electron chi connectivity index (χ1n) is 5.40. The van der Waals surface area contributed by atoms with Crippen LogP contribution < -0.4 is 10.6 Å². The third-order valence-corrected chi connectivity index (χ3v) is 2.82. The molecule has 1 fully saturated rings. The van der Waals surface area contributed by atoms with Crippen LogP contribution in [0, 0.1) is 5.82 Å². The lowest BCUT2D eigenvalue weighted by atomic mass is 10.2. The highest BCUT2D eigenvalue weighted by atomic mass is 19.1. The maximum atomic E-state index is 13.0.